The summed E-state index contributed by atoms with van der Waals surface area (Å²) in [5.74, 6) is 0.957. The molecule has 1 amide bonds. The Morgan fingerprint density at radius 2 is 2.00 bits per heavy atom. The number of rotatable bonds is 7. The van der Waals surface area contributed by atoms with Crippen molar-refractivity contribution in [3.05, 3.63) is 29.8 Å². The number of hydrogen-bond acceptors (Lipinski definition) is 4. The summed E-state index contributed by atoms with van der Waals surface area (Å²) in [5.41, 5.74) is 7.25. The van der Waals surface area contributed by atoms with Gasteiger partial charge in [-0.25, -0.2) is 0 Å². The number of carbonyl (C=O) groups excluding carboxylic acids is 1. The van der Waals surface area contributed by atoms with Crippen LogP contribution in [-0.2, 0) is 9.53 Å². The third-order valence-electron chi connectivity index (χ3n) is 3.81. The standard InChI is InChI=1S/C17H26N2O3/c1-12(2)22-14-7-5-13(6-8-14)17-15(18)11-16(20)19(17)9-4-10-21-3/h5-8,12,15,17H,4,9-11,18H2,1-3H3. The Morgan fingerprint density at radius 1 is 1.32 bits per heavy atom. The molecule has 0 aliphatic carbocycles. The van der Waals surface area contributed by atoms with Crippen molar-refractivity contribution in [1.29, 1.82) is 0 Å². The van der Waals surface area contributed by atoms with Gasteiger partial charge in [0.25, 0.3) is 0 Å². The number of carbonyl (C=O) groups is 1. The number of likely N-dealkylation sites (tertiary alicyclic amines) is 1. The minimum absolute atomic E-state index is 0.0579. The van der Waals surface area contributed by atoms with E-state index in [1.54, 1.807) is 7.11 Å². The summed E-state index contributed by atoms with van der Waals surface area (Å²) in [4.78, 5) is 14.0. The Hall–Kier alpha value is -1.59. The van der Waals surface area contributed by atoms with E-state index in [1.165, 1.54) is 0 Å². The fraction of sp³-hybridized carbons (Fsp3) is 0.588. The highest BCUT2D eigenvalue weighted by Crippen LogP contribution is 2.33. The third kappa shape index (κ3) is 3.99. The van der Waals surface area contributed by atoms with E-state index >= 15 is 0 Å². The minimum atomic E-state index is -0.160. The van der Waals surface area contributed by atoms with Gasteiger partial charge in [0, 0.05) is 32.7 Å². The van der Waals surface area contributed by atoms with E-state index in [4.69, 9.17) is 15.2 Å². The van der Waals surface area contributed by atoms with Gasteiger partial charge in [-0.15, -0.1) is 0 Å². The van der Waals surface area contributed by atoms with Gasteiger partial charge in [0.15, 0.2) is 0 Å². The molecule has 2 atom stereocenters. The van der Waals surface area contributed by atoms with Crippen molar-refractivity contribution in [2.45, 2.75) is 44.9 Å². The summed E-state index contributed by atoms with van der Waals surface area (Å²) >= 11 is 0. The highest BCUT2D eigenvalue weighted by molar-refractivity contribution is 5.80. The SMILES string of the molecule is COCCCN1C(=O)CC(N)C1c1ccc(OC(C)C)cc1. The van der Waals surface area contributed by atoms with Crippen molar-refractivity contribution in [2.24, 2.45) is 5.73 Å². The van der Waals surface area contributed by atoms with Crippen molar-refractivity contribution in [2.75, 3.05) is 20.3 Å². The summed E-state index contributed by atoms with van der Waals surface area (Å²) in [6.45, 7) is 5.32. The molecule has 1 aliphatic rings. The lowest BCUT2D eigenvalue weighted by Gasteiger charge is -2.27. The van der Waals surface area contributed by atoms with Crippen LogP contribution >= 0.6 is 0 Å². The van der Waals surface area contributed by atoms with E-state index in [0.717, 1.165) is 17.7 Å². The van der Waals surface area contributed by atoms with Crippen LogP contribution in [0.4, 0.5) is 0 Å². The average molecular weight is 306 g/mol. The Balaban J connectivity index is 2.11. The zero-order valence-corrected chi connectivity index (χ0v) is 13.6. The molecule has 2 rings (SSSR count). The van der Waals surface area contributed by atoms with E-state index < -0.39 is 0 Å². The van der Waals surface area contributed by atoms with Crippen molar-refractivity contribution in [3.8, 4) is 5.75 Å². The lowest BCUT2D eigenvalue weighted by atomic mass is 10.0. The zero-order chi connectivity index (χ0) is 16.1. The second-order valence-electron chi connectivity index (χ2n) is 5.98. The number of benzene rings is 1. The topological polar surface area (TPSA) is 64.8 Å². The molecule has 1 aromatic rings. The predicted molar refractivity (Wildman–Crippen MR) is 85.7 cm³/mol. The van der Waals surface area contributed by atoms with Crippen molar-refractivity contribution in [1.82, 2.24) is 4.90 Å². The van der Waals surface area contributed by atoms with E-state index in [9.17, 15) is 4.79 Å². The molecule has 5 nitrogen and oxygen atoms in total. The Labute approximate surface area is 132 Å². The maximum Gasteiger partial charge on any atom is 0.224 e. The van der Waals surface area contributed by atoms with Crippen LogP contribution in [-0.4, -0.2) is 43.2 Å². The lowest BCUT2D eigenvalue weighted by Crippen LogP contribution is -2.34. The second kappa shape index (κ2) is 7.61. The van der Waals surface area contributed by atoms with Crippen LogP contribution in [0.5, 0.6) is 5.75 Å². The zero-order valence-electron chi connectivity index (χ0n) is 13.6. The molecular formula is C17H26N2O3. The first-order valence-electron chi connectivity index (χ1n) is 7.83. The number of methoxy groups -OCH3 is 1. The quantitative estimate of drug-likeness (QED) is 0.784. The molecule has 0 saturated carbocycles. The molecule has 122 valence electrons. The monoisotopic (exact) mass is 306 g/mol. The summed E-state index contributed by atoms with van der Waals surface area (Å²) in [5, 5.41) is 0. The molecule has 22 heavy (non-hydrogen) atoms. The molecule has 1 aromatic carbocycles. The number of hydrogen-bond donors (Lipinski definition) is 1. The van der Waals surface area contributed by atoms with E-state index in [0.29, 0.717) is 19.6 Å². The van der Waals surface area contributed by atoms with E-state index in [-0.39, 0.29) is 24.1 Å². The van der Waals surface area contributed by atoms with Gasteiger partial charge in [-0.05, 0) is 38.0 Å². The third-order valence-corrected chi connectivity index (χ3v) is 3.81. The van der Waals surface area contributed by atoms with E-state index in [1.807, 2.05) is 43.0 Å². The summed E-state index contributed by atoms with van der Waals surface area (Å²) < 4.78 is 10.7. The first kappa shape index (κ1) is 16.8. The molecular weight excluding hydrogens is 280 g/mol. The van der Waals surface area contributed by atoms with Gasteiger partial charge in [0.1, 0.15) is 5.75 Å². The van der Waals surface area contributed by atoms with Gasteiger partial charge in [0.05, 0.1) is 12.1 Å². The van der Waals surface area contributed by atoms with Gasteiger partial charge in [-0.1, -0.05) is 12.1 Å². The highest BCUT2D eigenvalue weighted by atomic mass is 16.5. The average Bonchev–Trinajstić information content (AvgIpc) is 2.74. The fourth-order valence-electron chi connectivity index (χ4n) is 2.90. The van der Waals surface area contributed by atoms with Gasteiger partial charge in [-0.2, -0.15) is 0 Å². The smallest absolute Gasteiger partial charge is 0.224 e. The van der Waals surface area contributed by atoms with Crippen LogP contribution in [0.2, 0.25) is 0 Å². The van der Waals surface area contributed by atoms with Crippen LogP contribution in [0.3, 0.4) is 0 Å². The van der Waals surface area contributed by atoms with Gasteiger partial charge < -0.3 is 20.1 Å². The molecule has 0 spiro atoms. The highest BCUT2D eigenvalue weighted by Gasteiger charge is 2.38. The van der Waals surface area contributed by atoms with Gasteiger partial charge >= 0.3 is 0 Å². The Bertz CT molecular complexity index is 487. The predicted octanol–water partition coefficient (Wildman–Crippen LogP) is 2.11. The van der Waals surface area contributed by atoms with Gasteiger partial charge in [-0.3, -0.25) is 4.79 Å². The number of nitrogens with zero attached hydrogens (tertiary/aromatic N) is 1. The first-order chi connectivity index (χ1) is 10.5. The van der Waals surface area contributed by atoms with Crippen LogP contribution in [0.25, 0.3) is 0 Å². The molecule has 1 heterocycles. The first-order valence-corrected chi connectivity index (χ1v) is 7.83. The normalized spacial score (nSPS) is 21.7. The lowest BCUT2D eigenvalue weighted by molar-refractivity contribution is -0.129. The maximum absolute atomic E-state index is 12.2. The molecule has 5 heteroatoms. The van der Waals surface area contributed by atoms with Gasteiger partial charge in [0.2, 0.25) is 5.91 Å². The van der Waals surface area contributed by atoms with Crippen molar-refractivity contribution >= 4 is 5.91 Å². The molecule has 0 bridgehead atoms. The molecule has 1 aliphatic heterocycles. The van der Waals surface area contributed by atoms with Crippen LogP contribution < -0.4 is 10.5 Å². The molecule has 0 radical (unpaired) electrons. The molecule has 0 aromatic heterocycles. The van der Waals surface area contributed by atoms with E-state index in [2.05, 4.69) is 0 Å². The second-order valence-corrected chi connectivity index (χ2v) is 5.98. The number of ether oxygens (including phenoxy) is 2. The summed E-state index contributed by atoms with van der Waals surface area (Å²) in [7, 11) is 1.67. The number of nitrogens with two attached hydrogens (primary N) is 1. The summed E-state index contributed by atoms with van der Waals surface area (Å²) in [6.07, 6.45) is 1.37. The maximum atomic E-state index is 12.2. The summed E-state index contributed by atoms with van der Waals surface area (Å²) in [6, 6.07) is 7.68. The molecule has 1 saturated heterocycles. The fourth-order valence-corrected chi connectivity index (χ4v) is 2.90. The van der Waals surface area contributed by atoms with Crippen LogP contribution in [0, 0.1) is 0 Å². The Kier molecular flexibility index (Phi) is 5.80. The van der Waals surface area contributed by atoms with Crippen molar-refractivity contribution in [3.63, 3.8) is 0 Å². The minimum Gasteiger partial charge on any atom is -0.491 e. The van der Waals surface area contributed by atoms with Crippen LogP contribution in [0.1, 0.15) is 38.3 Å². The van der Waals surface area contributed by atoms with Crippen molar-refractivity contribution < 1.29 is 14.3 Å². The Morgan fingerprint density at radius 3 is 2.59 bits per heavy atom. The largest absolute Gasteiger partial charge is 0.491 e. The molecule has 2 N–H and O–H groups in total. The number of amides is 1. The molecule has 2 unspecified atom stereocenters. The molecule has 1 fully saturated rings. The van der Waals surface area contributed by atoms with Crippen LogP contribution in [0.15, 0.2) is 24.3 Å².